The summed E-state index contributed by atoms with van der Waals surface area (Å²) in [4.78, 5) is 11.8. The van der Waals surface area contributed by atoms with Gasteiger partial charge < -0.3 is 15.4 Å². The molecule has 1 aromatic rings. The van der Waals surface area contributed by atoms with E-state index in [1.807, 2.05) is 0 Å². The van der Waals surface area contributed by atoms with Crippen molar-refractivity contribution in [1.29, 1.82) is 0 Å². The van der Waals surface area contributed by atoms with Gasteiger partial charge in [0.05, 0.1) is 12.0 Å². The van der Waals surface area contributed by atoms with Crippen molar-refractivity contribution in [2.75, 3.05) is 13.1 Å². The number of carbonyl (C=O) groups is 1. The van der Waals surface area contributed by atoms with E-state index in [9.17, 15) is 13.6 Å². The molecule has 22 heavy (non-hydrogen) atoms. The van der Waals surface area contributed by atoms with Crippen molar-refractivity contribution < 1.29 is 18.3 Å². The van der Waals surface area contributed by atoms with Gasteiger partial charge in [-0.2, -0.15) is 0 Å². The highest BCUT2D eigenvalue weighted by Crippen LogP contribution is 2.39. The number of alkyl carbamates (subject to hydrolysis) is 1. The van der Waals surface area contributed by atoms with Crippen LogP contribution in [0.25, 0.3) is 0 Å². The van der Waals surface area contributed by atoms with Crippen LogP contribution < -0.4 is 10.6 Å². The third-order valence-corrected chi connectivity index (χ3v) is 3.54. The van der Waals surface area contributed by atoms with Gasteiger partial charge in [-0.05, 0) is 20.8 Å². The van der Waals surface area contributed by atoms with Crippen molar-refractivity contribution in [1.82, 2.24) is 10.6 Å². The summed E-state index contributed by atoms with van der Waals surface area (Å²) in [5.74, 6) is -4.04. The number of ether oxygens (including phenoxy) is 1. The van der Waals surface area contributed by atoms with Crippen LogP contribution in [0, 0.1) is 5.92 Å². The lowest BCUT2D eigenvalue weighted by Crippen LogP contribution is -2.47. The monoisotopic (exact) mass is 312 g/mol. The maximum absolute atomic E-state index is 14.7. The Hall–Kier alpha value is -1.69. The van der Waals surface area contributed by atoms with Crippen LogP contribution in [0.15, 0.2) is 30.3 Å². The molecule has 122 valence electrons. The summed E-state index contributed by atoms with van der Waals surface area (Å²) in [6.07, 6.45) is -0.671. The fraction of sp³-hybridized carbons (Fsp3) is 0.562. The Morgan fingerprint density at radius 3 is 2.45 bits per heavy atom. The summed E-state index contributed by atoms with van der Waals surface area (Å²) in [5.41, 5.74) is -0.701. The molecular weight excluding hydrogens is 290 g/mol. The molecule has 0 aromatic heterocycles. The summed E-state index contributed by atoms with van der Waals surface area (Å²) >= 11 is 0. The molecule has 6 heteroatoms. The zero-order chi connectivity index (χ0) is 16.4. The zero-order valence-corrected chi connectivity index (χ0v) is 13.0. The molecule has 1 aliphatic heterocycles. The molecule has 0 unspecified atom stereocenters. The smallest absolute Gasteiger partial charge is 0.407 e. The number of hydrogen-bond acceptors (Lipinski definition) is 3. The molecular formula is C16H22F2N2O2. The standard InChI is InChI=1S/C16H22F2N2O2/c1-15(2,3)22-14(21)20-13-10-19-9-12(13)16(17,18)11-7-5-4-6-8-11/h4-8,12-13,19H,9-10H2,1-3H3,(H,20,21)/t12-,13-/m1/s1. The zero-order valence-electron chi connectivity index (χ0n) is 13.0. The molecule has 2 rings (SSSR count). The van der Waals surface area contributed by atoms with Crippen LogP contribution >= 0.6 is 0 Å². The first-order valence-corrected chi connectivity index (χ1v) is 7.34. The van der Waals surface area contributed by atoms with Gasteiger partial charge in [0.1, 0.15) is 5.60 Å². The van der Waals surface area contributed by atoms with Crippen molar-refractivity contribution in [3.8, 4) is 0 Å². The first kappa shape index (κ1) is 16.7. The maximum atomic E-state index is 14.7. The summed E-state index contributed by atoms with van der Waals surface area (Å²) in [7, 11) is 0. The molecule has 1 heterocycles. The summed E-state index contributed by atoms with van der Waals surface area (Å²) < 4.78 is 34.5. The van der Waals surface area contributed by atoms with Crippen LogP contribution in [0.3, 0.4) is 0 Å². The third kappa shape index (κ3) is 3.94. The molecule has 1 aliphatic rings. The molecule has 0 aliphatic carbocycles. The minimum atomic E-state index is -3.02. The Bertz CT molecular complexity index is 515. The van der Waals surface area contributed by atoms with E-state index in [2.05, 4.69) is 10.6 Å². The Labute approximate surface area is 129 Å². The molecule has 1 aromatic carbocycles. The van der Waals surface area contributed by atoms with Gasteiger partial charge in [-0.3, -0.25) is 0 Å². The average molecular weight is 312 g/mol. The lowest BCUT2D eigenvalue weighted by Gasteiger charge is -2.29. The van der Waals surface area contributed by atoms with Crippen LogP contribution in [-0.2, 0) is 10.7 Å². The molecule has 4 nitrogen and oxygen atoms in total. The number of alkyl halides is 2. The fourth-order valence-corrected chi connectivity index (χ4v) is 2.54. The maximum Gasteiger partial charge on any atom is 0.407 e. The van der Waals surface area contributed by atoms with Gasteiger partial charge in [0.25, 0.3) is 5.92 Å². The van der Waals surface area contributed by atoms with Crippen molar-refractivity contribution in [2.45, 2.75) is 38.3 Å². The number of halogens is 2. The Kier molecular flexibility index (Phi) is 4.70. The molecule has 1 saturated heterocycles. The van der Waals surface area contributed by atoms with E-state index < -0.39 is 29.6 Å². The predicted octanol–water partition coefficient (Wildman–Crippen LogP) is 2.89. The SMILES string of the molecule is CC(C)(C)OC(=O)N[C@@H]1CNC[C@H]1C(F)(F)c1ccccc1. The van der Waals surface area contributed by atoms with Gasteiger partial charge in [0.2, 0.25) is 0 Å². The van der Waals surface area contributed by atoms with Crippen LogP contribution in [0.2, 0.25) is 0 Å². The third-order valence-electron chi connectivity index (χ3n) is 3.54. The lowest BCUT2D eigenvalue weighted by molar-refractivity contribution is -0.0662. The van der Waals surface area contributed by atoms with Crippen LogP contribution in [-0.4, -0.2) is 30.8 Å². The Morgan fingerprint density at radius 1 is 1.23 bits per heavy atom. The van der Waals surface area contributed by atoms with Gasteiger partial charge >= 0.3 is 6.09 Å². The summed E-state index contributed by atoms with van der Waals surface area (Å²) in [5, 5.41) is 5.47. The van der Waals surface area contributed by atoms with Gasteiger partial charge in [-0.15, -0.1) is 0 Å². The largest absolute Gasteiger partial charge is 0.444 e. The molecule has 0 bridgehead atoms. The van der Waals surface area contributed by atoms with Gasteiger partial charge in [0, 0.05) is 18.7 Å². The fourth-order valence-electron chi connectivity index (χ4n) is 2.54. The van der Waals surface area contributed by atoms with E-state index in [1.54, 1.807) is 39.0 Å². The predicted molar refractivity (Wildman–Crippen MR) is 79.9 cm³/mol. The first-order valence-electron chi connectivity index (χ1n) is 7.34. The van der Waals surface area contributed by atoms with Crippen LogP contribution in [0.4, 0.5) is 13.6 Å². The second-order valence-corrected chi connectivity index (χ2v) is 6.51. The summed E-state index contributed by atoms with van der Waals surface area (Å²) in [6, 6.07) is 7.00. The number of amides is 1. The highest BCUT2D eigenvalue weighted by atomic mass is 19.3. The van der Waals surface area contributed by atoms with Crippen LogP contribution in [0.1, 0.15) is 26.3 Å². The molecule has 0 spiro atoms. The van der Waals surface area contributed by atoms with Crippen molar-refractivity contribution >= 4 is 6.09 Å². The molecule has 2 atom stereocenters. The van der Waals surface area contributed by atoms with E-state index in [4.69, 9.17) is 4.74 Å². The van der Waals surface area contributed by atoms with E-state index in [-0.39, 0.29) is 12.1 Å². The van der Waals surface area contributed by atoms with Crippen molar-refractivity contribution in [3.63, 3.8) is 0 Å². The van der Waals surface area contributed by atoms with Gasteiger partial charge in [-0.1, -0.05) is 30.3 Å². The minimum Gasteiger partial charge on any atom is -0.444 e. The normalized spacial score (nSPS) is 22.4. The van der Waals surface area contributed by atoms with Gasteiger partial charge in [0.15, 0.2) is 0 Å². The molecule has 1 fully saturated rings. The van der Waals surface area contributed by atoms with Gasteiger partial charge in [-0.25, -0.2) is 13.6 Å². The number of hydrogen-bond donors (Lipinski definition) is 2. The number of nitrogens with one attached hydrogen (secondary N) is 2. The molecule has 1 amide bonds. The second-order valence-electron chi connectivity index (χ2n) is 6.51. The molecule has 0 saturated carbocycles. The Balaban J connectivity index is 2.09. The molecule has 2 N–H and O–H groups in total. The Morgan fingerprint density at radius 2 is 1.86 bits per heavy atom. The number of benzene rings is 1. The van der Waals surface area contributed by atoms with Crippen molar-refractivity contribution in [3.05, 3.63) is 35.9 Å². The summed E-state index contributed by atoms with van der Waals surface area (Å²) in [6.45, 7) is 5.63. The number of rotatable bonds is 3. The van der Waals surface area contributed by atoms with Crippen molar-refractivity contribution in [2.24, 2.45) is 5.92 Å². The minimum absolute atomic E-state index is 0.0420. The van der Waals surface area contributed by atoms with E-state index in [0.717, 1.165) is 0 Å². The second kappa shape index (κ2) is 6.20. The van der Waals surface area contributed by atoms with E-state index >= 15 is 0 Å². The highest BCUT2D eigenvalue weighted by molar-refractivity contribution is 5.68. The highest BCUT2D eigenvalue weighted by Gasteiger charge is 2.48. The lowest BCUT2D eigenvalue weighted by atomic mass is 9.90. The molecule has 0 radical (unpaired) electrons. The topological polar surface area (TPSA) is 50.4 Å². The average Bonchev–Trinajstić information content (AvgIpc) is 2.86. The van der Waals surface area contributed by atoms with E-state index in [1.165, 1.54) is 12.1 Å². The van der Waals surface area contributed by atoms with Crippen LogP contribution in [0.5, 0.6) is 0 Å². The number of carbonyl (C=O) groups excluding carboxylic acids is 1. The quantitative estimate of drug-likeness (QED) is 0.902. The first-order chi connectivity index (χ1) is 10.2. The van der Waals surface area contributed by atoms with E-state index in [0.29, 0.717) is 6.54 Å².